The lowest BCUT2D eigenvalue weighted by Crippen LogP contribution is -2.29. The first-order chi connectivity index (χ1) is 9.81. The van der Waals surface area contributed by atoms with Crippen LogP contribution < -0.4 is 5.32 Å². The number of hydrogen-bond acceptors (Lipinski definition) is 4. The van der Waals surface area contributed by atoms with Gasteiger partial charge in [0, 0.05) is 31.9 Å². The third kappa shape index (κ3) is 3.35. The minimum atomic E-state index is 0.108. The van der Waals surface area contributed by atoms with Gasteiger partial charge in [0.05, 0.1) is 21.8 Å². The van der Waals surface area contributed by atoms with E-state index < -0.39 is 0 Å². The van der Waals surface area contributed by atoms with Crippen LogP contribution in [0.1, 0.15) is 17.8 Å². The molecule has 1 unspecified atom stereocenters. The van der Waals surface area contributed by atoms with Crippen molar-refractivity contribution in [3.8, 4) is 0 Å². The van der Waals surface area contributed by atoms with Gasteiger partial charge < -0.3 is 10.1 Å². The number of thiazole rings is 1. The van der Waals surface area contributed by atoms with E-state index in [1.165, 1.54) is 4.70 Å². The lowest BCUT2D eigenvalue weighted by atomic mass is 10.1. The molecule has 1 amide bonds. The normalized spacial score (nSPS) is 18.5. The number of ether oxygens (including phenoxy) is 1. The van der Waals surface area contributed by atoms with Gasteiger partial charge in [0.15, 0.2) is 0 Å². The largest absolute Gasteiger partial charge is 0.381 e. The Bertz CT molecular complexity index is 557. The number of carbonyl (C=O) groups is 1. The molecule has 5 heteroatoms. The third-order valence-corrected chi connectivity index (χ3v) is 4.61. The average Bonchev–Trinajstić information content (AvgIpc) is 3.11. The Morgan fingerprint density at radius 3 is 3.15 bits per heavy atom. The molecule has 1 aromatic heterocycles. The van der Waals surface area contributed by atoms with E-state index >= 15 is 0 Å². The Morgan fingerprint density at radius 2 is 2.35 bits per heavy atom. The summed E-state index contributed by atoms with van der Waals surface area (Å²) in [5, 5.41) is 4.02. The van der Waals surface area contributed by atoms with Gasteiger partial charge >= 0.3 is 0 Å². The van der Waals surface area contributed by atoms with E-state index in [4.69, 9.17) is 4.74 Å². The fourth-order valence-corrected chi connectivity index (χ4v) is 3.31. The van der Waals surface area contributed by atoms with Crippen LogP contribution in [0.15, 0.2) is 24.3 Å². The van der Waals surface area contributed by atoms with Gasteiger partial charge in [-0.1, -0.05) is 12.1 Å². The van der Waals surface area contributed by atoms with Crippen LogP contribution in [-0.2, 0) is 16.0 Å². The first-order valence-corrected chi connectivity index (χ1v) is 7.82. The Labute approximate surface area is 122 Å². The van der Waals surface area contributed by atoms with Gasteiger partial charge in [-0.05, 0) is 18.6 Å². The average molecular weight is 290 g/mol. The number of para-hydroxylation sites is 1. The summed E-state index contributed by atoms with van der Waals surface area (Å²) >= 11 is 1.67. The number of aromatic nitrogens is 1. The molecule has 0 radical (unpaired) electrons. The SMILES string of the molecule is O=C(CCc1nc2ccccc2s1)NCC1CCOC1. The standard InChI is InChI=1S/C15H18N2O2S/c18-14(16-9-11-7-8-19-10-11)5-6-15-17-12-3-1-2-4-13(12)20-15/h1-4,11H,5-10H2,(H,16,18). The van der Waals surface area contributed by atoms with Gasteiger partial charge in [0.1, 0.15) is 0 Å². The summed E-state index contributed by atoms with van der Waals surface area (Å²) in [7, 11) is 0. The van der Waals surface area contributed by atoms with Crippen molar-refractivity contribution >= 4 is 27.5 Å². The highest BCUT2D eigenvalue weighted by molar-refractivity contribution is 7.18. The number of amides is 1. The van der Waals surface area contributed by atoms with Crippen molar-refractivity contribution in [3.63, 3.8) is 0 Å². The molecule has 2 aromatic rings. The molecule has 4 nitrogen and oxygen atoms in total. The van der Waals surface area contributed by atoms with Crippen LogP contribution in [0.5, 0.6) is 0 Å². The highest BCUT2D eigenvalue weighted by Crippen LogP contribution is 2.22. The molecule has 1 aromatic carbocycles. The Balaban J connectivity index is 1.47. The van der Waals surface area contributed by atoms with Crippen molar-refractivity contribution in [1.29, 1.82) is 0 Å². The van der Waals surface area contributed by atoms with E-state index in [1.54, 1.807) is 11.3 Å². The van der Waals surface area contributed by atoms with Gasteiger partial charge in [-0.2, -0.15) is 0 Å². The second kappa shape index (κ2) is 6.33. The molecule has 1 fully saturated rings. The van der Waals surface area contributed by atoms with Gasteiger partial charge in [0.25, 0.3) is 0 Å². The number of hydrogen-bond donors (Lipinski definition) is 1. The summed E-state index contributed by atoms with van der Waals surface area (Å²) in [6, 6.07) is 8.08. The minimum Gasteiger partial charge on any atom is -0.381 e. The molecule has 1 aliphatic heterocycles. The zero-order valence-corrected chi connectivity index (χ0v) is 12.1. The number of fused-ring (bicyclic) bond motifs is 1. The number of carbonyl (C=O) groups excluding carboxylic acids is 1. The predicted molar refractivity (Wildman–Crippen MR) is 79.9 cm³/mol. The van der Waals surface area contributed by atoms with E-state index in [0.29, 0.717) is 18.8 Å². The van der Waals surface area contributed by atoms with Gasteiger partial charge in [-0.15, -0.1) is 11.3 Å². The van der Waals surface area contributed by atoms with Crippen LogP contribution >= 0.6 is 11.3 Å². The molecule has 0 spiro atoms. The van der Waals surface area contributed by atoms with Gasteiger partial charge in [-0.25, -0.2) is 4.98 Å². The summed E-state index contributed by atoms with van der Waals surface area (Å²) in [4.78, 5) is 16.4. The second-order valence-electron chi connectivity index (χ2n) is 5.11. The fourth-order valence-electron chi connectivity index (χ4n) is 2.34. The summed E-state index contributed by atoms with van der Waals surface area (Å²) in [5.74, 6) is 0.595. The minimum absolute atomic E-state index is 0.108. The molecule has 2 heterocycles. The molecule has 0 saturated carbocycles. The molecule has 106 valence electrons. The number of rotatable bonds is 5. The Morgan fingerprint density at radius 1 is 1.45 bits per heavy atom. The number of benzene rings is 1. The lowest BCUT2D eigenvalue weighted by Gasteiger charge is -2.08. The summed E-state index contributed by atoms with van der Waals surface area (Å²) < 4.78 is 6.48. The smallest absolute Gasteiger partial charge is 0.220 e. The van der Waals surface area contributed by atoms with Gasteiger partial charge in [0.2, 0.25) is 5.91 Å². The zero-order valence-electron chi connectivity index (χ0n) is 11.3. The van der Waals surface area contributed by atoms with E-state index in [-0.39, 0.29) is 5.91 Å². The van der Waals surface area contributed by atoms with Crippen molar-refractivity contribution < 1.29 is 9.53 Å². The van der Waals surface area contributed by atoms with Crippen LogP contribution in [0.3, 0.4) is 0 Å². The number of nitrogens with zero attached hydrogens (tertiary/aromatic N) is 1. The van der Waals surface area contributed by atoms with Crippen molar-refractivity contribution in [1.82, 2.24) is 10.3 Å². The van der Waals surface area contributed by atoms with E-state index in [0.717, 1.165) is 36.7 Å². The molecular formula is C15H18N2O2S. The zero-order chi connectivity index (χ0) is 13.8. The van der Waals surface area contributed by atoms with Crippen LogP contribution in [0.25, 0.3) is 10.2 Å². The summed E-state index contributed by atoms with van der Waals surface area (Å²) in [6.45, 7) is 2.34. The lowest BCUT2D eigenvalue weighted by molar-refractivity contribution is -0.121. The maximum absolute atomic E-state index is 11.8. The Kier molecular flexibility index (Phi) is 4.28. The van der Waals surface area contributed by atoms with E-state index in [9.17, 15) is 4.79 Å². The monoisotopic (exact) mass is 290 g/mol. The Hall–Kier alpha value is -1.46. The van der Waals surface area contributed by atoms with Gasteiger partial charge in [-0.3, -0.25) is 4.79 Å². The van der Waals surface area contributed by atoms with Crippen LogP contribution in [0.2, 0.25) is 0 Å². The first kappa shape index (κ1) is 13.5. The van der Waals surface area contributed by atoms with Crippen LogP contribution in [0, 0.1) is 5.92 Å². The quantitative estimate of drug-likeness (QED) is 0.920. The molecule has 1 atom stereocenters. The molecule has 3 rings (SSSR count). The number of aryl methyl sites for hydroxylation is 1. The fraction of sp³-hybridized carbons (Fsp3) is 0.467. The van der Waals surface area contributed by atoms with Crippen molar-refractivity contribution in [3.05, 3.63) is 29.3 Å². The molecule has 1 saturated heterocycles. The summed E-state index contributed by atoms with van der Waals surface area (Å²) in [6.07, 6.45) is 2.28. The third-order valence-electron chi connectivity index (χ3n) is 3.52. The van der Waals surface area contributed by atoms with Crippen LogP contribution in [-0.4, -0.2) is 30.6 Å². The molecule has 1 N–H and O–H groups in total. The predicted octanol–water partition coefficient (Wildman–Crippen LogP) is 2.38. The maximum atomic E-state index is 11.8. The van der Waals surface area contributed by atoms with Crippen molar-refractivity contribution in [2.45, 2.75) is 19.3 Å². The highest BCUT2D eigenvalue weighted by atomic mass is 32.1. The molecule has 0 bridgehead atoms. The van der Waals surface area contributed by atoms with E-state index in [2.05, 4.69) is 16.4 Å². The van der Waals surface area contributed by atoms with Crippen LogP contribution in [0.4, 0.5) is 0 Å². The first-order valence-electron chi connectivity index (χ1n) is 7.00. The van der Waals surface area contributed by atoms with E-state index in [1.807, 2.05) is 18.2 Å². The van der Waals surface area contributed by atoms with Crippen molar-refractivity contribution in [2.75, 3.05) is 19.8 Å². The molecule has 20 heavy (non-hydrogen) atoms. The van der Waals surface area contributed by atoms with Crippen molar-refractivity contribution in [2.24, 2.45) is 5.92 Å². The number of nitrogens with one attached hydrogen (secondary N) is 1. The molecule has 1 aliphatic rings. The highest BCUT2D eigenvalue weighted by Gasteiger charge is 2.16. The molecule has 0 aliphatic carbocycles. The molecular weight excluding hydrogens is 272 g/mol. The maximum Gasteiger partial charge on any atom is 0.220 e. The topological polar surface area (TPSA) is 51.2 Å². The second-order valence-corrected chi connectivity index (χ2v) is 6.22. The summed E-state index contributed by atoms with van der Waals surface area (Å²) in [5.41, 5.74) is 1.02.